The maximum Gasteiger partial charge on any atom is 0.0952 e. The van der Waals surface area contributed by atoms with Crippen LogP contribution in [0.3, 0.4) is 0 Å². The summed E-state index contributed by atoms with van der Waals surface area (Å²) < 4.78 is 2.21. The predicted molar refractivity (Wildman–Crippen MR) is 93.7 cm³/mol. The molecule has 0 saturated carbocycles. The fourth-order valence-electron chi connectivity index (χ4n) is 2.78. The average molecular weight is 330 g/mol. The van der Waals surface area contributed by atoms with Gasteiger partial charge in [-0.25, -0.2) is 4.98 Å². The summed E-state index contributed by atoms with van der Waals surface area (Å²) in [5.74, 6) is 0. The smallest absolute Gasteiger partial charge is 0.0952 e. The largest absolute Gasteiger partial charge is 0.328 e. The molecule has 2 atom stereocenters. The maximum atomic E-state index is 4.21. The molecule has 3 nitrogen and oxygen atoms in total. The molecule has 21 heavy (non-hydrogen) atoms. The van der Waals surface area contributed by atoms with Gasteiger partial charge in [0.05, 0.1) is 12.4 Å². The highest BCUT2D eigenvalue weighted by atomic mass is 35.5. The monoisotopic (exact) mass is 329 g/mol. The minimum Gasteiger partial charge on any atom is -0.328 e. The fourth-order valence-corrected chi connectivity index (χ4v) is 2.78. The van der Waals surface area contributed by atoms with Gasteiger partial charge in [-0.15, -0.1) is 24.8 Å². The van der Waals surface area contributed by atoms with Crippen molar-refractivity contribution in [3.05, 3.63) is 54.6 Å². The molecule has 0 aliphatic heterocycles. The highest BCUT2D eigenvalue weighted by molar-refractivity contribution is 5.85. The van der Waals surface area contributed by atoms with Crippen molar-refractivity contribution in [3.63, 3.8) is 0 Å². The van der Waals surface area contributed by atoms with Crippen LogP contribution in [0.25, 0.3) is 0 Å². The van der Waals surface area contributed by atoms with Crippen molar-refractivity contribution >= 4 is 24.8 Å². The molecule has 1 aromatic heterocycles. The summed E-state index contributed by atoms with van der Waals surface area (Å²) >= 11 is 0. The Morgan fingerprint density at radius 3 is 2.19 bits per heavy atom. The van der Waals surface area contributed by atoms with E-state index in [1.54, 1.807) is 0 Å². The van der Waals surface area contributed by atoms with Crippen molar-refractivity contribution < 1.29 is 0 Å². The molecule has 0 fully saturated rings. The molecule has 0 N–H and O–H groups in total. The second-order valence-corrected chi connectivity index (χ2v) is 4.83. The van der Waals surface area contributed by atoms with Crippen LogP contribution in [0.15, 0.2) is 49.1 Å². The Kier molecular flexibility index (Phi) is 9.34. The minimum atomic E-state index is 0. The van der Waals surface area contributed by atoms with Gasteiger partial charge < -0.3 is 4.57 Å². The van der Waals surface area contributed by atoms with Crippen LogP contribution in [0.4, 0.5) is 0 Å². The van der Waals surface area contributed by atoms with Gasteiger partial charge in [0.2, 0.25) is 0 Å². The molecule has 0 amide bonds. The topological polar surface area (TPSA) is 21.1 Å². The molecule has 0 bridgehead atoms. The first-order valence-corrected chi connectivity index (χ1v) is 7.04. The van der Waals surface area contributed by atoms with Crippen molar-refractivity contribution in [2.75, 3.05) is 13.1 Å². The van der Waals surface area contributed by atoms with Gasteiger partial charge in [0.1, 0.15) is 0 Å². The Bertz CT molecular complexity index is 470. The number of hydrogen-bond acceptors (Lipinski definition) is 2. The summed E-state index contributed by atoms with van der Waals surface area (Å²) in [6.07, 6.45) is 5.82. The summed E-state index contributed by atoms with van der Waals surface area (Å²) in [5, 5.41) is 0. The summed E-state index contributed by atoms with van der Waals surface area (Å²) in [6.45, 7) is 8.86. The molecule has 0 radical (unpaired) electrons. The number of aromatic nitrogens is 2. The van der Waals surface area contributed by atoms with Crippen LogP contribution in [-0.4, -0.2) is 33.6 Å². The van der Waals surface area contributed by atoms with E-state index < -0.39 is 0 Å². The van der Waals surface area contributed by atoms with E-state index in [1.807, 2.05) is 12.5 Å². The molecule has 0 spiro atoms. The summed E-state index contributed by atoms with van der Waals surface area (Å²) in [6, 6.07) is 11.4. The molecule has 5 heteroatoms. The van der Waals surface area contributed by atoms with Crippen molar-refractivity contribution in [2.24, 2.45) is 0 Å². The van der Waals surface area contributed by atoms with Gasteiger partial charge in [-0.05, 0) is 25.6 Å². The Labute approximate surface area is 140 Å². The first-order chi connectivity index (χ1) is 9.27. The van der Waals surface area contributed by atoms with Crippen LogP contribution < -0.4 is 0 Å². The summed E-state index contributed by atoms with van der Waals surface area (Å²) in [4.78, 5) is 6.69. The third-order valence-electron chi connectivity index (χ3n) is 3.83. The van der Waals surface area contributed by atoms with Gasteiger partial charge >= 0.3 is 0 Å². The van der Waals surface area contributed by atoms with Gasteiger partial charge in [-0.1, -0.05) is 44.2 Å². The van der Waals surface area contributed by atoms with Crippen molar-refractivity contribution in [2.45, 2.75) is 32.9 Å². The lowest BCUT2D eigenvalue weighted by atomic mass is 9.99. The van der Waals surface area contributed by atoms with E-state index in [1.165, 1.54) is 5.56 Å². The van der Waals surface area contributed by atoms with Crippen molar-refractivity contribution in [3.8, 4) is 0 Å². The maximum absolute atomic E-state index is 4.21. The number of halogens is 2. The highest BCUT2D eigenvalue weighted by Crippen LogP contribution is 2.25. The molecular weight excluding hydrogens is 305 g/mol. The molecule has 1 heterocycles. The van der Waals surface area contributed by atoms with Gasteiger partial charge in [0, 0.05) is 18.4 Å². The SMILES string of the molecule is CCN(CC)[C@H](C)[C@@H](c1ccccc1)n1ccnc1.Cl.Cl. The number of likely N-dealkylation sites (N-methyl/N-ethyl adjacent to an activating group) is 1. The van der Waals surface area contributed by atoms with Crippen LogP contribution in [0, 0.1) is 0 Å². The van der Waals surface area contributed by atoms with E-state index in [4.69, 9.17) is 0 Å². The van der Waals surface area contributed by atoms with Gasteiger partial charge in [-0.3, -0.25) is 4.90 Å². The van der Waals surface area contributed by atoms with E-state index in [0.717, 1.165) is 13.1 Å². The van der Waals surface area contributed by atoms with E-state index in [2.05, 4.69) is 71.8 Å². The number of rotatable bonds is 6. The molecular formula is C16H25Cl2N3. The molecule has 2 rings (SSSR count). The van der Waals surface area contributed by atoms with Crippen molar-refractivity contribution in [1.29, 1.82) is 0 Å². The van der Waals surface area contributed by atoms with E-state index in [-0.39, 0.29) is 24.8 Å². The van der Waals surface area contributed by atoms with Crippen LogP contribution in [0.5, 0.6) is 0 Å². The van der Waals surface area contributed by atoms with Gasteiger partial charge in [-0.2, -0.15) is 0 Å². The standard InChI is InChI=1S/C16H23N3.2ClH/c1-4-18(5-2)14(3)16(19-12-11-17-13-19)15-9-7-6-8-10-15;;/h6-14,16H,4-5H2,1-3H3;2*1H/t14-,16+;;/m1../s1. The van der Waals surface area contributed by atoms with Crippen molar-refractivity contribution in [1.82, 2.24) is 14.5 Å². The first kappa shape index (κ1) is 20.0. The van der Waals surface area contributed by atoms with Crippen LogP contribution in [0.1, 0.15) is 32.4 Å². The molecule has 0 aliphatic rings. The van der Waals surface area contributed by atoms with Crippen LogP contribution >= 0.6 is 24.8 Å². The molecule has 1 aromatic carbocycles. The second-order valence-electron chi connectivity index (χ2n) is 4.83. The number of imidazole rings is 1. The third-order valence-corrected chi connectivity index (χ3v) is 3.83. The Morgan fingerprint density at radius 1 is 1.10 bits per heavy atom. The Morgan fingerprint density at radius 2 is 1.71 bits per heavy atom. The number of nitrogens with zero attached hydrogens (tertiary/aromatic N) is 3. The zero-order valence-electron chi connectivity index (χ0n) is 12.8. The summed E-state index contributed by atoms with van der Waals surface area (Å²) in [5.41, 5.74) is 1.33. The van der Waals surface area contributed by atoms with Gasteiger partial charge in [0.25, 0.3) is 0 Å². The first-order valence-electron chi connectivity index (χ1n) is 7.04. The molecule has 118 valence electrons. The zero-order chi connectivity index (χ0) is 13.7. The second kappa shape index (κ2) is 9.82. The Balaban J connectivity index is 0.00000200. The van der Waals surface area contributed by atoms with E-state index in [9.17, 15) is 0 Å². The molecule has 0 unspecified atom stereocenters. The molecule has 2 aromatic rings. The average Bonchev–Trinajstić information content (AvgIpc) is 2.95. The quantitative estimate of drug-likeness (QED) is 0.797. The van der Waals surface area contributed by atoms with E-state index >= 15 is 0 Å². The number of hydrogen-bond donors (Lipinski definition) is 0. The van der Waals surface area contributed by atoms with Crippen LogP contribution in [0.2, 0.25) is 0 Å². The predicted octanol–water partition coefficient (Wildman–Crippen LogP) is 4.05. The normalized spacial score (nSPS) is 13.1. The lowest BCUT2D eigenvalue weighted by Crippen LogP contribution is -2.39. The van der Waals surface area contributed by atoms with Crippen LogP contribution in [-0.2, 0) is 0 Å². The highest BCUT2D eigenvalue weighted by Gasteiger charge is 2.24. The lowest BCUT2D eigenvalue weighted by Gasteiger charge is -2.34. The molecule has 0 aliphatic carbocycles. The molecule has 0 saturated heterocycles. The zero-order valence-corrected chi connectivity index (χ0v) is 14.5. The lowest BCUT2D eigenvalue weighted by molar-refractivity contribution is 0.189. The minimum absolute atomic E-state index is 0. The number of benzene rings is 1. The van der Waals surface area contributed by atoms with E-state index in [0.29, 0.717) is 12.1 Å². The third kappa shape index (κ3) is 4.73. The van der Waals surface area contributed by atoms with Gasteiger partial charge in [0.15, 0.2) is 0 Å². The fraction of sp³-hybridized carbons (Fsp3) is 0.438. The Hall–Kier alpha value is -1.03. The summed E-state index contributed by atoms with van der Waals surface area (Å²) in [7, 11) is 0.